The molecular weight excluding hydrogens is 334 g/mol. The lowest BCUT2D eigenvalue weighted by Crippen LogP contribution is -2.11. The van der Waals surface area contributed by atoms with E-state index < -0.39 is 5.92 Å². The normalized spacial score (nSPS) is 11.7. The van der Waals surface area contributed by atoms with Crippen molar-refractivity contribution < 1.29 is 8.78 Å². The van der Waals surface area contributed by atoms with E-state index in [1.807, 2.05) is 0 Å². The lowest BCUT2D eigenvalue weighted by molar-refractivity contribution is -0.00828. The Morgan fingerprint density at radius 3 is 2.50 bits per heavy atom. The van der Waals surface area contributed by atoms with Crippen LogP contribution in [0.25, 0.3) is 17.1 Å². The van der Waals surface area contributed by atoms with Crippen LogP contribution in [0.1, 0.15) is 18.9 Å². The molecule has 0 aliphatic carbocycles. The summed E-state index contributed by atoms with van der Waals surface area (Å²) in [6.07, 6.45) is 1.28. The van der Waals surface area contributed by atoms with Crippen molar-refractivity contribution in [3.05, 3.63) is 59.4 Å². The minimum atomic E-state index is -2.83. The zero-order valence-corrected chi connectivity index (χ0v) is 13.6. The van der Waals surface area contributed by atoms with E-state index in [-0.39, 0.29) is 12.0 Å². The summed E-state index contributed by atoms with van der Waals surface area (Å²) in [7, 11) is 0. The second-order valence-electron chi connectivity index (χ2n) is 5.35. The topological polar surface area (TPSA) is 56.7 Å². The number of hydrogen-bond donors (Lipinski definition) is 1. The maximum absolute atomic E-state index is 13.7. The molecule has 2 N–H and O–H groups in total. The maximum Gasteiger partial charge on any atom is 0.273 e. The highest BCUT2D eigenvalue weighted by atomic mass is 35.5. The van der Waals surface area contributed by atoms with Gasteiger partial charge in [-0.1, -0.05) is 30.7 Å². The van der Waals surface area contributed by atoms with Crippen LogP contribution in [0, 0.1) is 0 Å². The molecule has 3 aromatic rings. The molecule has 3 rings (SSSR count). The van der Waals surface area contributed by atoms with E-state index in [0.29, 0.717) is 22.2 Å². The van der Waals surface area contributed by atoms with Crippen LogP contribution in [-0.4, -0.2) is 14.8 Å². The van der Waals surface area contributed by atoms with E-state index in [9.17, 15) is 8.78 Å². The summed E-state index contributed by atoms with van der Waals surface area (Å²) in [5, 5.41) is 4.78. The Balaban J connectivity index is 1.89. The zero-order valence-electron chi connectivity index (χ0n) is 12.9. The first-order valence-corrected chi connectivity index (χ1v) is 7.74. The Labute approximate surface area is 142 Å². The predicted octanol–water partition coefficient (Wildman–Crippen LogP) is 4.67. The van der Waals surface area contributed by atoms with Gasteiger partial charge in [-0.2, -0.15) is 0 Å². The quantitative estimate of drug-likeness (QED) is 0.697. The highest BCUT2D eigenvalue weighted by molar-refractivity contribution is 6.33. The van der Waals surface area contributed by atoms with Crippen LogP contribution in [0.15, 0.2) is 48.8 Å². The van der Waals surface area contributed by atoms with Crippen molar-refractivity contribution in [1.29, 1.82) is 0 Å². The van der Waals surface area contributed by atoms with Gasteiger partial charge >= 0.3 is 0 Å². The highest BCUT2D eigenvalue weighted by Gasteiger charge is 2.28. The summed E-state index contributed by atoms with van der Waals surface area (Å²) < 4.78 is 28.8. The third kappa shape index (κ3) is 3.10. The molecule has 0 spiro atoms. The van der Waals surface area contributed by atoms with Crippen LogP contribution in [0.2, 0.25) is 5.02 Å². The molecule has 0 aliphatic rings. The summed E-state index contributed by atoms with van der Waals surface area (Å²) in [5.41, 5.74) is 7.52. The summed E-state index contributed by atoms with van der Waals surface area (Å²) in [6.45, 7) is 1.45. The van der Waals surface area contributed by atoms with Crippen molar-refractivity contribution in [1.82, 2.24) is 14.8 Å². The Hall–Kier alpha value is -2.47. The Bertz CT molecular complexity index is 859. The fourth-order valence-electron chi connectivity index (χ4n) is 2.25. The Morgan fingerprint density at radius 1 is 1.17 bits per heavy atom. The van der Waals surface area contributed by atoms with E-state index >= 15 is 0 Å². The Kier molecular flexibility index (Phi) is 4.24. The predicted molar refractivity (Wildman–Crippen MR) is 90.4 cm³/mol. The summed E-state index contributed by atoms with van der Waals surface area (Å²) in [6, 6.07) is 11.1. The van der Waals surface area contributed by atoms with E-state index in [2.05, 4.69) is 10.1 Å². The molecule has 1 aromatic heterocycles. The number of anilines is 1. The van der Waals surface area contributed by atoms with Gasteiger partial charge in [-0.3, -0.25) is 0 Å². The highest BCUT2D eigenvalue weighted by Crippen LogP contribution is 2.31. The number of halogens is 3. The van der Waals surface area contributed by atoms with E-state index in [1.54, 1.807) is 30.3 Å². The van der Waals surface area contributed by atoms with Crippen LogP contribution in [0.3, 0.4) is 0 Å². The molecule has 2 aromatic carbocycles. The summed E-state index contributed by atoms with van der Waals surface area (Å²) in [5.74, 6) is -2.35. The van der Waals surface area contributed by atoms with Crippen LogP contribution in [-0.2, 0) is 5.92 Å². The number of rotatable bonds is 4. The molecule has 0 saturated heterocycles. The number of hydrogen-bond acceptors (Lipinski definition) is 3. The van der Waals surface area contributed by atoms with Crippen LogP contribution >= 0.6 is 11.6 Å². The van der Waals surface area contributed by atoms with Gasteiger partial charge in [0, 0.05) is 17.5 Å². The van der Waals surface area contributed by atoms with E-state index in [1.165, 1.54) is 30.1 Å². The number of nitrogen functional groups attached to an aromatic ring is 1. The second kappa shape index (κ2) is 6.20. The van der Waals surface area contributed by atoms with Crippen molar-refractivity contribution in [2.24, 2.45) is 0 Å². The fraction of sp³-hybridized carbons (Fsp3) is 0.176. The first kappa shape index (κ1) is 16.4. The second-order valence-corrected chi connectivity index (χ2v) is 5.76. The van der Waals surface area contributed by atoms with Crippen LogP contribution in [0.4, 0.5) is 14.5 Å². The summed E-state index contributed by atoms with van der Waals surface area (Å²) >= 11 is 6.00. The number of aromatic nitrogens is 3. The summed E-state index contributed by atoms with van der Waals surface area (Å²) in [4.78, 5) is 4.23. The van der Waals surface area contributed by atoms with Gasteiger partial charge in [0.1, 0.15) is 6.33 Å². The minimum absolute atomic E-state index is 0.0144. The third-order valence-electron chi connectivity index (χ3n) is 3.75. The maximum atomic E-state index is 13.7. The molecule has 24 heavy (non-hydrogen) atoms. The molecule has 0 bridgehead atoms. The monoisotopic (exact) mass is 348 g/mol. The molecule has 124 valence electrons. The number of benzene rings is 2. The molecular formula is C17H15ClF2N4. The van der Waals surface area contributed by atoms with Gasteiger partial charge < -0.3 is 5.73 Å². The largest absolute Gasteiger partial charge is 0.398 e. The van der Waals surface area contributed by atoms with Gasteiger partial charge in [-0.05, 0) is 30.3 Å². The molecule has 0 fully saturated rings. The number of nitrogens with two attached hydrogens (primary N) is 1. The average molecular weight is 349 g/mol. The lowest BCUT2D eigenvalue weighted by Gasteiger charge is -2.14. The SMILES string of the molecule is CCC(F)(F)c1ccc(-n2cnc(-c3ccc(N)c(Cl)c3)n2)cc1. The standard InChI is InChI=1S/C17H15ClF2N4/c1-2-17(19,20)12-4-6-13(7-5-12)24-10-22-16(23-24)11-3-8-15(21)14(18)9-11/h3-10H,2,21H2,1H3. The first-order chi connectivity index (χ1) is 11.4. The molecule has 7 heteroatoms. The van der Waals surface area contributed by atoms with Crippen molar-refractivity contribution in [3.8, 4) is 17.1 Å². The zero-order chi connectivity index (χ0) is 17.3. The molecule has 0 radical (unpaired) electrons. The minimum Gasteiger partial charge on any atom is -0.398 e. The van der Waals surface area contributed by atoms with Gasteiger partial charge in [-0.15, -0.1) is 5.10 Å². The molecule has 0 amide bonds. The Morgan fingerprint density at radius 2 is 1.88 bits per heavy atom. The molecule has 0 atom stereocenters. The van der Waals surface area contributed by atoms with Gasteiger partial charge in [-0.25, -0.2) is 18.4 Å². The fourth-order valence-corrected chi connectivity index (χ4v) is 2.43. The van der Waals surface area contributed by atoms with Crippen molar-refractivity contribution in [3.63, 3.8) is 0 Å². The van der Waals surface area contributed by atoms with Crippen molar-refractivity contribution >= 4 is 17.3 Å². The molecule has 0 aliphatic heterocycles. The average Bonchev–Trinajstić information content (AvgIpc) is 3.07. The van der Waals surface area contributed by atoms with Crippen molar-refractivity contribution in [2.45, 2.75) is 19.3 Å². The van der Waals surface area contributed by atoms with E-state index in [0.717, 1.165) is 5.56 Å². The molecule has 0 saturated carbocycles. The van der Waals surface area contributed by atoms with Crippen molar-refractivity contribution in [2.75, 3.05) is 5.73 Å². The van der Waals surface area contributed by atoms with Gasteiger partial charge in [0.05, 0.1) is 16.4 Å². The number of alkyl halides is 2. The third-order valence-corrected chi connectivity index (χ3v) is 4.08. The first-order valence-electron chi connectivity index (χ1n) is 7.36. The van der Waals surface area contributed by atoms with E-state index in [4.69, 9.17) is 17.3 Å². The van der Waals surface area contributed by atoms with Gasteiger partial charge in [0.25, 0.3) is 5.92 Å². The van der Waals surface area contributed by atoms with Crippen LogP contribution in [0.5, 0.6) is 0 Å². The molecule has 1 heterocycles. The van der Waals surface area contributed by atoms with Crippen LogP contribution < -0.4 is 5.73 Å². The van der Waals surface area contributed by atoms with Gasteiger partial charge in [0.2, 0.25) is 0 Å². The van der Waals surface area contributed by atoms with Gasteiger partial charge in [0.15, 0.2) is 5.82 Å². The molecule has 4 nitrogen and oxygen atoms in total. The lowest BCUT2D eigenvalue weighted by atomic mass is 10.1. The molecule has 0 unspecified atom stereocenters. The number of nitrogens with zero attached hydrogens (tertiary/aromatic N) is 3. The smallest absolute Gasteiger partial charge is 0.273 e.